The summed E-state index contributed by atoms with van der Waals surface area (Å²) in [4.78, 5) is 161. The van der Waals surface area contributed by atoms with E-state index in [0.29, 0.717) is 48.1 Å². The van der Waals surface area contributed by atoms with E-state index in [1.165, 1.54) is 65.3 Å². The molecular formula is C69H87FN14O13. The minimum atomic E-state index is -1.81. The van der Waals surface area contributed by atoms with Crippen molar-refractivity contribution in [3.05, 3.63) is 149 Å². The first-order valence-corrected chi connectivity index (χ1v) is 32.3. The molecule has 16 N–H and O–H groups in total. The van der Waals surface area contributed by atoms with E-state index < -0.39 is 132 Å². The van der Waals surface area contributed by atoms with Crippen LogP contribution in [0.5, 0.6) is 5.75 Å². The Labute approximate surface area is 561 Å². The zero-order valence-corrected chi connectivity index (χ0v) is 54.5. The van der Waals surface area contributed by atoms with Gasteiger partial charge in [0.25, 0.3) is 0 Å². The Hall–Kier alpha value is -10.5. The summed E-state index contributed by atoms with van der Waals surface area (Å²) in [6.07, 6.45) is 0.908. The lowest BCUT2D eigenvalue weighted by Gasteiger charge is -2.30. The van der Waals surface area contributed by atoms with Crippen LogP contribution in [0.3, 0.4) is 0 Å². The van der Waals surface area contributed by atoms with E-state index in [9.17, 15) is 57.8 Å². The number of benzene rings is 5. The first-order chi connectivity index (χ1) is 46.3. The fourth-order valence-corrected chi connectivity index (χ4v) is 11.8. The van der Waals surface area contributed by atoms with Crippen LogP contribution in [-0.2, 0) is 78.4 Å². The van der Waals surface area contributed by atoms with Gasteiger partial charge in [-0.3, -0.25) is 57.7 Å². The summed E-state index contributed by atoms with van der Waals surface area (Å²) < 4.78 is 14.1. The third-order valence-corrected chi connectivity index (χ3v) is 16.7. The van der Waals surface area contributed by atoms with E-state index in [4.69, 9.17) is 17.2 Å². The number of aliphatic hydroxyl groups is 1. The highest BCUT2D eigenvalue weighted by Gasteiger charge is 2.40. The van der Waals surface area contributed by atoms with E-state index in [1.807, 2.05) is 36.4 Å². The number of primary amides is 1. The molecule has 0 aromatic heterocycles. The molecule has 27 nitrogen and oxygen atoms in total. The zero-order valence-electron chi connectivity index (χ0n) is 54.5. The van der Waals surface area contributed by atoms with Gasteiger partial charge in [-0.25, -0.2) is 4.39 Å². The molecule has 2 aliphatic heterocycles. The number of amides is 11. The average Bonchev–Trinajstić information content (AvgIpc) is 1.81. The van der Waals surface area contributed by atoms with Crippen LogP contribution in [0.15, 0.2) is 126 Å². The topological polar surface area (TPSA) is 421 Å². The van der Waals surface area contributed by atoms with Gasteiger partial charge in [0.2, 0.25) is 65.0 Å². The second-order valence-corrected chi connectivity index (χ2v) is 24.7. The highest BCUT2D eigenvalue weighted by molar-refractivity contribution is 5.99. The second kappa shape index (κ2) is 35.8. The molecule has 0 bridgehead atoms. The fourth-order valence-electron chi connectivity index (χ4n) is 11.8. The number of phenols is 1. The number of nitrogens with two attached hydrogens (primary N) is 3. The van der Waals surface area contributed by atoms with Gasteiger partial charge in [-0.05, 0) is 108 Å². The summed E-state index contributed by atoms with van der Waals surface area (Å²) in [5.41, 5.74) is 18.4. The number of hydrogen-bond donors (Lipinski definition) is 13. The van der Waals surface area contributed by atoms with Gasteiger partial charge in [0, 0.05) is 52.2 Å². The summed E-state index contributed by atoms with van der Waals surface area (Å²) >= 11 is 0. The third-order valence-electron chi connectivity index (χ3n) is 16.7. The monoisotopic (exact) mass is 1340 g/mol. The Morgan fingerprint density at radius 2 is 0.990 bits per heavy atom. The molecule has 2 fully saturated rings. The average molecular weight is 1340 g/mol. The van der Waals surface area contributed by atoms with E-state index in [1.54, 1.807) is 50.2 Å². The molecule has 7 rings (SSSR count). The summed E-state index contributed by atoms with van der Waals surface area (Å²) in [5.74, 6) is -9.65. The third kappa shape index (κ3) is 22.3. The maximum Gasteiger partial charge on any atom is 0.245 e. The summed E-state index contributed by atoms with van der Waals surface area (Å²) in [6.45, 7) is 3.96. The number of guanidine groups is 1. The van der Waals surface area contributed by atoms with Crippen LogP contribution in [0.1, 0.15) is 88.0 Å². The Morgan fingerprint density at radius 1 is 0.536 bits per heavy atom. The van der Waals surface area contributed by atoms with Gasteiger partial charge in [0.15, 0.2) is 5.96 Å². The van der Waals surface area contributed by atoms with Crippen molar-refractivity contribution in [3.8, 4) is 5.75 Å². The van der Waals surface area contributed by atoms with Crippen molar-refractivity contribution in [2.75, 3.05) is 32.8 Å². The number of aliphatic hydroxyl groups excluding tert-OH is 1. The maximum absolute atomic E-state index is 15.1. The smallest absolute Gasteiger partial charge is 0.245 e. The van der Waals surface area contributed by atoms with Gasteiger partial charge in [0.05, 0.1) is 13.2 Å². The number of aromatic hydroxyl groups is 1. The number of nitrogens with zero attached hydrogens (tertiary/aromatic N) is 3. The SMILES string of the molecule is CC(=O)N1CCC[C@H]1C(=O)N[C@H](Cc1ccc(F)cc1)C(=O)N[C@H](Cc1ccccc1)C(=O)N[C@@H](CO)C(=O)N[C@@H](Cc1ccc(O)cc1)C(=O)N[C@H](Cc1ccc2ccccc2c1)C(=O)N[C@@H](CC(C)C)C(=O)N[C@@H](CCCN=C(N)N)C(=O)N1CCC[C@H]1C(=O)NCC(N)=O. The molecule has 5 aromatic rings. The zero-order chi connectivity index (χ0) is 70.3. The number of nitrogens with one attached hydrogen (secondary N) is 8. The number of phenolic OH excluding ortho intramolecular Hbond substituents is 1. The molecule has 0 unspecified atom stereocenters. The lowest BCUT2D eigenvalue weighted by molar-refractivity contribution is -0.142. The molecule has 11 amide bonds. The van der Waals surface area contributed by atoms with Crippen molar-refractivity contribution < 1.29 is 67.3 Å². The van der Waals surface area contributed by atoms with Crippen LogP contribution in [0.2, 0.25) is 0 Å². The molecule has 9 atom stereocenters. The van der Waals surface area contributed by atoms with Crippen LogP contribution < -0.4 is 59.7 Å². The molecule has 0 spiro atoms. The molecule has 0 saturated carbocycles. The van der Waals surface area contributed by atoms with Crippen molar-refractivity contribution in [3.63, 3.8) is 0 Å². The maximum atomic E-state index is 15.1. The number of rotatable bonds is 33. The van der Waals surface area contributed by atoms with E-state index >= 15 is 9.59 Å². The van der Waals surface area contributed by atoms with Crippen LogP contribution >= 0.6 is 0 Å². The van der Waals surface area contributed by atoms with Gasteiger partial charge < -0.3 is 79.7 Å². The van der Waals surface area contributed by atoms with E-state index in [2.05, 4.69) is 47.5 Å². The highest BCUT2D eigenvalue weighted by atomic mass is 19.1. The first kappa shape index (κ1) is 73.9. The van der Waals surface area contributed by atoms with Gasteiger partial charge in [-0.2, -0.15) is 0 Å². The molecule has 97 heavy (non-hydrogen) atoms. The standard InChI is InChI=1S/C69H87FN14O13/c1-40(2)32-51(60(89)76-50(16-9-29-74-69(72)73)68(97)84-31-11-17-57(84)66(95)75-38-59(71)88)77-63(92)55(37-45-19-24-46-14-7-8-15-47(46)33-45)79-61(90)53(36-44-22-27-49(87)28-23-44)80-65(94)56(39-85)82-64(93)52(34-42-12-5-4-6-13-42)78-62(91)54(35-43-20-25-48(70)26-21-43)81-67(96)58-18-10-30-83(58)41(3)86/h4-8,12-15,19-28,33,40,50-58,85,87H,9-11,16-18,29-32,34-39H2,1-3H3,(H2,71,88)(H,75,95)(H,76,89)(H,77,92)(H,78,91)(H,79,90)(H,80,94)(H,81,96)(H,82,93)(H4,72,73,74)/t50-,51-,52+,53-,54+,55+,56-,57-,58-/m0/s1. The van der Waals surface area contributed by atoms with Crippen molar-refractivity contribution in [1.29, 1.82) is 0 Å². The van der Waals surface area contributed by atoms with Crippen LogP contribution in [0, 0.1) is 11.7 Å². The van der Waals surface area contributed by atoms with E-state index in [-0.39, 0.29) is 88.0 Å². The molecule has 518 valence electrons. The Kier molecular flexibility index (Phi) is 27.3. The molecule has 28 heteroatoms. The normalized spacial score (nSPS) is 16.4. The molecule has 2 heterocycles. The predicted octanol–water partition coefficient (Wildman–Crippen LogP) is 0.0441. The van der Waals surface area contributed by atoms with Gasteiger partial charge in [0.1, 0.15) is 65.9 Å². The molecule has 5 aromatic carbocycles. The number of halogens is 1. The van der Waals surface area contributed by atoms with Crippen molar-refractivity contribution in [2.45, 2.75) is 146 Å². The van der Waals surface area contributed by atoms with Crippen LogP contribution in [0.25, 0.3) is 10.8 Å². The van der Waals surface area contributed by atoms with Crippen molar-refractivity contribution in [1.82, 2.24) is 52.3 Å². The largest absolute Gasteiger partial charge is 0.508 e. The van der Waals surface area contributed by atoms with Gasteiger partial charge in [-0.15, -0.1) is 0 Å². The summed E-state index contributed by atoms with van der Waals surface area (Å²) in [5, 5.41) is 44.2. The molecule has 0 radical (unpaired) electrons. The summed E-state index contributed by atoms with van der Waals surface area (Å²) in [7, 11) is 0. The van der Waals surface area contributed by atoms with Gasteiger partial charge >= 0.3 is 0 Å². The number of carbonyl (C=O) groups is 11. The molecule has 2 aliphatic rings. The van der Waals surface area contributed by atoms with E-state index in [0.717, 1.165) is 10.8 Å². The predicted molar refractivity (Wildman–Crippen MR) is 357 cm³/mol. The van der Waals surface area contributed by atoms with Crippen LogP contribution in [-0.4, -0.2) is 178 Å². The fraction of sp³-hybridized carbons (Fsp3) is 0.420. The Morgan fingerprint density at radius 3 is 1.54 bits per heavy atom. The minimum absolute atomic E-state index is 0.0121. The number of hydrogen-bond acceptors (Lipinski definition) is 14. The number of fused-ring (bicyclic) bond motifs is 1. The quantitative estimate of drug-likeness (QED) is 0.0150. The lowest BCUT2D eigenvalue weighted by Crippen LogP contribution is -2.61. The minimum Gasteiger partial charge on any atom is -0.508 e. The van der Waals surface area contributed by atoms with Gasteiger partial charge in [-0.1, -0.05) is 111 Å². The molecular weight excluding hydrogens is 1250 g/mol. The Balaban J connectivity index is 1.15. The number of likely N-dealkylation sites (tertiary alicyclic amines) is 2. The second-order valence-electron chi connectivity index (χ2n) is 24.7. The Bertz CT molecular complexity index is 3630. The lowest BCUT2D eigenvalue weighted by atomic mass is 9.98. The number of aliphatic imine (C=N–C) groups is 1. The van der Waals surface area contributed by atoms with Crippen molar-refractivity contribution >= 4 is 81.7 Å². The highest BCUT2D eigenvalue weighted by Crippen LogP contribution is 2.23. The summed E-state index contributed by atoms with van der Waals surface area (Å²) in [6, 6.07) is 19.9. The first-order valence-electron chi connectivity index (χ1n) is 32.3. The molecule has 2 saturated heterocycles. The molecule has 0 aliphatic carbocycles. The van der Waals surface area contributed by atoms with Crippen molar-refractivity contribution in [2.24, 2.45) is 28.1 Å². The number of carbonyl (C=O) groups excluding carboxylic acids is 11. The van der Waals surface area contributed by atoms with Crippen LogP contribution in [0.4, 0.5) is 4.39 Å².